The molecule has 3 aromatic rings. The molecule has 0 bridgehead atoms. The summed E-state index contributed by atoms with van der Waals surface area (Å²) in [6.07, 6.45) is 3.76. The lowest BCUT2D eigenvalue weighted by molar-refractivity contribution is 0.0858. The van der Waals surface area contributed by atoms with Crippen molar-refractivity contribution in [2.75, 3.05) is 18.5 Å². The number of hydrogen-bond donors (Lipinski definition) is 2. The highest BCUT2D eigenvalue weighted by Crippen LogP contribution is 2.21. The van der Waals surface area contributed by atoms with Crippen molar-refractivity contribution in [1.29, 1.82) is 0 Å². The van der Waals surface area contributed by atoms with E-state index >= 15 is 0 Å². The summed E-state index contributed by atoms with van der Waals surface area (Å²) in [7, 11) is 0. The van der Waals surface area contributed by atoms with Crippen molar-refractivity contribution in [3.05, 3.63) is 71.9 Å². The Hall–Kier alpha value is -3.25. The summed E-state index contributed by atoms with van der Waals surface area (Å²) < 4.78 is 5.52. The SMILES string of the molecule is O=C(NCC1CCCO1)c1cccc(C(=O)Nc2cccc3cccnc23)c1. The average Bonchev–Trinajstić information content (AvgIpc) is 3.26. The van der Waals surface area contributed by atoms with E-state index in [1.807, 2.05) is 30.3 Å². The first-order valence-corrected chi connectivity index (χ1v) is 9.36. The van der Waals surface area contributed by atoms with Crippen LogP contribution in [0.4, 0.5) is 5.69 Å². The minimum Gasteiger partial charge on any atom is -0.376 e. The topological polar surface area (TPSA) is 80.3 Å². The summed E-state index contributed by atoms with van der Waals surface area (Å²) in [6, 6.07) is 16.1. The molecule has 142 valence electrons. The van der Waals surface area contributed by atoms with Crippen LogP contribution >= 0.6 is 0 Å². The minimum atomic E-state index is -0.285. The Bertz CT molecular complexity index is 1010. The van der Waals surface area contributed by atoms with Gasteiger partial charge < -0.3 is 15.4 Å². The summed E-state index contributed by atoms with van der Waals surface area (Å²) in [5.74, 6) is -0.496. The molecular formula is C22H21N3O3. The van der Waals surface area contributed by atoms with Crippen molar-refractivity contribution in [3.63, 3.8) is 0 Å². The summed E-state index contributed by atoms with van der Waals surface area (Å²) >= 11 is 0. The Morgan fingerprint density at radius 1 is 1.04 bits per heavy atom. The van der Waals surface area contributed by atoms with E-state index < -0.39 is 0 Å². The lowest BCUT2D eigenvalue weighted by Gasteiger charge is -2.12. The molecule has 6 heteroatoms. The van der Waals surface area contributed by atoms with Crippen molar-refractivity contribution < 1.29 is 14.3 Å². The van der Waals surface area contributed by atoms with Crippen LogP contribution in [-0.2, 0) is 4.74 Å². The number of rotatable bonds is 5. The van der Waals surface area contributed by atoms with Gasteiger partial charge in [-0.3, -0.25) is 14.6 Å². The van der Waals surface area contributed by atoms with Gasteiger partial charge in [0, 0.05) is 35.9 Å². The molecule has 2 heterocycles. The van der Waals surface area contributed by atoms with Crippen LogP contribution in [0, 0.1) is 0 Å². The van der Waals surface area contributed by atoms with Crippen LogP contribution in [0.5, 0.6) is 0 Å². The fourth-order valence-electron chi connectivity index (χ4n) is 3.32. The molecule has 0 aliphatic carbocycles. The van der Waals surface area contributed by atoms with Crippen molar-refractivity contribution >= 4 is 28.4 Å². The zero-order valence-electron chi connectivity index (χ0n) is 15.4. The van der Waals surface area contributed by atoms with E-state index in [0.717, 1.165) is 30.4 Å². The molecule has 0 radical (unpaired) electrons. The zero-order valence-corrected chi connectivity index (χ0v) is 15.4. The van der Waals surface area contributed by atoms with Crippen LogP contribution in [0.15, 0.2) is 60.8 Å². The van der Waals surface area contributed by atoms with Gasteiger partial charge in [-0.15, -0.1) is 0 Å². The fraction of sp³-hybridized carbons (Fsp3) is 0.227. The number of anilines is 1. The number of ether oxygens (including phenoxy) is 1. The second-order valence-electron chi connectivity index (χ2n) is 6.76. The second kappa shape index (κ2) is 8.19. The number of fused-ring (bicyclic) bond motifs is 1. The number of pyridine rings is 1. The third kappa shape index (κ3) is 4.02. The van der Waals surface area contributed by atoms with Gasteiger partial charge in [0.15, 0.2) is 0 Å². The number of hydrogen-bond acceptors (Lipinski definition) is 4. The maximum absolute atomic E-state index is 12.7. The molecule has 4 rings (SSSR count). The van der Waals surface area contributed by atoms with Gasteiger partial charge in [-0.1, -0.05) is 24.3 Å². The number of amides is 2. The molecule has 1 fully saturated rings. The largest absolute Gasteiger partial charge is 0.376 e. The minimum absolute atomic E-state index is 0.0780. The molecule has 6 nitrogen and oxygen atoms in total. The highest BCUT2D eigenvalue weighted by molar-refractivity contribution is 6.09. The van der Waals surface area contributed by atoms with Crippen LogP contribution < -0.4 is 10.6 Å². The number of nitrogens with zero attached hydrogens (tertiary/aromatic N) is 1. The van der Waals surface area contributed by atoms with E-state index in [-0.39, 0.29) is 17.9 Å². The lowest BCUT2D eigenvalue weighted by Crippen LogP contribution is -2.31. The number of aromatic nitrogens is 1. The van der Waals surface area contributed by atoms with E-state index in [9.17, 15) is 9.59 Å². The number of para-hydroxylation sites is 1. The molecule has 1 aliphatic rings. The Labute approximate surface area is 162 Å². The molecule has 0 saturated carbocycles. The first-order valence-electron chi connectivity index (χ1n) is 9.36. The number of carbonyl (C=O) groups is 2. The van der Waals surface area contributed by atoms with E-state index in [1.165, 1.54) is 0 Å². The lowest BCUT2D eigenvalue weighted by atomic mass is 10.1. The van der Waals surface area contributed by atoms with Crippen molar-refractivity contribution in [2.45, 2.75) is 18.9 Å². The molecule has 0 spiro atoms. The quantitative estimate of drug-likeness (QED) is 0.716. The Morgan fingerprint density at radius 3 is 2.64 bits per heavy atom. The Balaban J connectivity index is 1.47. The van der Waals surface area contributed by atoms with Crippen LogP contribution in [-0.4, -0.2) is 36.1 Å². The maximum atomic E-state index is 12.7. The van der Waals surface area contributed by atoms with Gasteiger partial charge in [0.2, 0.25) is 0 Å². The predicted molar refractivity (Wildman–Crippen MR) is 107 cm³/mol. The van der Waals surface area contributed by atoms with Crippen LogP contribution in [0.2, 0.25) is 0 Å². The molecule has 2 N–H and O–H groups in total. The van der Waals surface area contributed by atoms with Gasteiger partial charge in [-0.05, 0) is 43.2 Å². The highest BCUT2D eigenvalue weighted by Gasteiger charge is 2.17. The standard InChI is InChI=1S/C22H21N3O3/c26-21(24-14-18-9-4-12-28-18)16-6-1-7-17(13-16)22(27)25-19-10-2-5-15-8-3-11-23-20(15)19/h1-3,5-8,10-11,13,18H,4,9,12,14H2,(H,24,26)(H,25,27). The first-order chi connectivity index (χ1) is 13.7. The molecule has 2 amide bonds. The van der Waals surface area contributed by atoms with Gasteiger partial charge in [0.05, 0.1) is 17.3 Å². The van der Waals surface area contributed by atoms with E-state index in [1.54, 1.807) is 30.5 Å². The van der Waals surface area contributed by atoms with Crippen molar-refractivity contribution in [2.24, 2.45) is 0 Å². The van der Waals surface area contributed by atoms with Gasteiger partial charge in [0.1, 0.15) is 0 Å². The smallest absolute Gasteiger partial charge is 0.255 e. The number of benzene rings is 2. The molecule has 1 unspecified atom stereocenters. The Kier molecular flexibility index (Phi) is 5.30. The first kappa shape index (κ1) is 18.1. The van der Waals surface area contributed by atoms with Crippen LogP contribution in [0.25, 0.3) is 10.9 Å². The van der Waals surface area contributed by atoms with E-state index in [4.69, 9.17) is 4.74 Å². The fourth-order valence-corrected chi connectivity index (χ4v) is 3.32. The van der Waals surface area contributed by atoms with Crippen LogP contribution in [0.3, 0.4) is 0 Å². The molecular weight excluding hydrogens is 354 g/mol. The van der Waals surface area contributed by atoms with Gasteiger partial charge in [-0.2, -0.15) is 0 Å². The van der Waals surface area contributed by atoms with Crippen LogP contribution in [0.1, 0.15) is 33.6 Å². The summed E-state index contributed by atoms with van der Waals surface area (Å²) in [5.41, 5.74) is 2.22. The van der Waals surface area contributed by atoms with Crippen molar-refractivity contribution in [1.82, 2.24) is 10.3 Å². The molecule has 1 aliphatic heterocycles. The monoisotopic (exact) mass is 375 g/mol. The molecule has 2 aromatic carbocycles. The summed E-state index contributed by atoms with van der Waals surface area (Å²) in [6.45, 7) is 1.23. The predicted octanol–water partition coefficient (Wildman–Crippen LogP) is 3.40. The molecule has 1 atom stereocenters. The molecule has 1 aromatic heterocycles. The third-order valence-electron chi connectivity index (χ3n) is 4.78. The maximum Gasteiger partial charge on any atom is 0.255 e. The molecule has 1 saturated heterocycles. The summed E-state index contributed by atoms with van der Waals surface area (Å²) in [4.78, 5) is 29.5. The third-order valence-corrected chi connectivity index (χ3v) is 4.78. The van der Waals surface area contributed by atoms with E-state index in [2.05, 4.69) is 15.6 Å². The number of carbonyl (C=O) groups excluding carboxylic acids is 2. The summed E-state index contributed by atoms with van der Waals surface area (Å²) in [5, 5.41) is 6.71. The second-order valence-corrected chi connectivity index (χ2v) is 6.76. The van der Waals surface area contributed by atoms with Gasteiger partial charge >= 0.3 is 0 Å². The van der Waals surface area contributed by atoms with Crippen molar-refractivity contribution in [3.8, 4) is 0 Å². The molecule has 28 heavy (non-hydrogen) atoms. The van der Waals surface area contributed by atoms with E-state index in [0.29, 0.717) is 23.4 Å². The van der Waals surface area contributed by atoms with Gasteiger partial charge in [0.25, 0.3) is 11.8 Å². The highest BCUT2D eigenvalue weighted by atomic mass is 16.5. The normalized spacial score (nSPS) is 16.1. The Morgan fingerprint density at radius 2 is 1.82 bits per heavy atom. The number of nitrogens with one attached hydrogen (secondary N) is 2. The zero-order chi connectivity index (χ0) is 19.3. The average molecular weight is 375 g/mol. The van der Waals surface area contributed by atoms with Gasteiger partial charge in [-0.25, -0.2) is 0 Å².